The fourth-order valence-corrected chi connectivity index (χ4v) is 10.5. The van der Waals surface area contributed by atoms with E-state index in [0.29, 0.717) is 5.75 Å². The molecule has 9 aromatic carbocycles. The van der Waals surface area contributed by atoms with Crippen LogP contribution in [0.5, 0.6) is 11.5 Å². The summed E-state index contributed by atoms with van der Waals surface area (Å²) in [6, 6.07) is 79.6. The Labute approximate surface area is 407 Å². The molecule has 4 heterocycles. The molecule has 0 fully saturated rings. The first-order valence-electron chi connectivity index (χ1n) is 23.9. The average Bonchev–Trinajstić information content (AvgIpc) is 3.85. The summed E-state index contributed by atoms with van der Waals surface area (Å²) in [7, 11) is 0. The van der Waals surface area contributed by atoms with Gasteiger partial charge in [0.25, 0.3) is 0 Å². The fourth-order valence-electron chi connectivity index (χ4n) is 10.5. The number of guanidine groups is 1. The molecule has 0 radical (unpaired) electrons. The van der Waals surface area contributed by atoms with Gasteiger partial charge in [0.1, 0.15) is 17.3 Å². The summed E-state index contributed by atoms with van der Waals surface area (Å²) in [6.45, 7) is 6.71. The minimum Gasteiger partial charge on any atom is -0.457 e. The Bertz CT molecular complexity index is 3810. The number of hydrogen-bond acceptors (Lipinski definition) is 5. The number of hydrogen-bond donors (Lipinski definition) is 0. The molecule has 70 heavy (non-hydrogen) atoms. The molecule has 0 unspecified atom stereocenters. The second-order valence-electron chi connectivity index (χ2n) is 19.0. The van der Waals surface area contributed by atoms with Gasteiger partial charge in [0.2, 0.25) is 5.96 Å². The van der Waals surface area contributed by atoms with E-state index in [9.17, 15) is 0 Å². The van der Waals surface area contributed by atoms with Crippen LogP contribution in [0.25, 0.3) is 72.1 Å². The fraction of sp³-hybridized carbons (Fsp3) is 0.0625. The molecule has 2 aliphatic rings. The predicted octanol–water partition coefficient (Wildman–Crippen LogP) is 17.2. The van der Waals surface area contributed by atoms with Gasteiger partial charge in [-0.15, -0.1) is 0 Å². The van der Waals surface area contributed by atoms with E-state index >= 15 is 0 Å². The van der Waals surface area contributed by atoms with E-state index in [1.165, 1.54) is 10.9 Å². The molecule has 0 spiro atoms. The lowest BCUT2D eigenvalue weighted by molar-refractivity contribution is 0.483. The van der Waals surface area contributed by atoms with Crippen molar-refractivity contribution in [1.82, 2.24) is 9.55 Å². The van der Waals surface area contributed by atoms with Crippen LogP contribution >= 0.6 is 0 Å². The Morgan fingerprint density at radius 2 is 1.01 bits per heavy atom. The average molecular weight is 902 g/mol. The van der Waals surface area contributed by atoms with E-state index in [1.807, 2.05) is 12.3 Å². The quantitative estimate of drug-likeness (QED) is 0.160. The molecule has 2 aliphatic heterocycles. The van der Waals surface area contributed by atoms with E-state index in [0.717, 1.165) is 107 Å². The highest BCUT2D eigenvalue weighted by Gasteiger charge is 2.39. The largest absolute Gasteiger partial charge is 0.457 e. The maximum Gasteiger partial charge on any atom is 0.220 e. The van der Waals surface area contributed by atoms with Gasteiger partial charge in [-0.2, -0.15) is 0 Å². The number of rotatable bonds is 7. The molecule has 6 heteroatoms. The number of pyridine rings is 1. The minimum absolute atomic E-state index is 0.0281. The van der Waals surface area contributed by atoms with Crippen molar-refractivity contribution in [2.24, 2.45) is 4.99 Å². The number of para-hydroxylation sites is 5. The van der Waals surface area contributed by atoms with Gasteiger partial charge < -0.3 is 4.74 Å². The van der Waals surface area contributed by atoms with Gasteiger partial charge in [-0.3, -0.25) is 14.4 Å². The highest BCUT2D eigenvalue weighted by molar-refractivity contribution is 6.27. The van der Waals surface area contributed by atoms with Crippen LogP contribution in [0.15, 0.2) is 236 Å². The molecule has 334 valence electrons. The van der Waals surface area contributed by atoms with Crippen molar-refractivity contribution in [3.63, 3.8) is 0 Å². The summed E-state index contributed by atoms with van der Waals surface area (Å²) in [5.41, 5.74) is 17.3. The van der Waals surface area contributed by atoms with E-state index in [4.69, 9.17) is 14.7 Å². The van der Waals surface area contributed by atoms with Gasteiger partial charge in [-0.05, 0) is 99.5 Å². The first-order valence-corrected chi connectivity index (χ1v) is 23.9. The van der Waals surface area contributed by atoms with E-state index in [-0.39, 0.29) is 5.41 Å². The Balaban J connectivity index is 0.971. The molecule has 0 aliphatic carbocycles. The number of anilines is 4. The van der Waals surface area contributed by atoms with E-state index < -0.39 is 0 Å². The van der Waals surface area contributed by atoms with Crippen LogP contribution in [-0.2, 0) is 5.41 Å². The third-order valence-corrected chi connectivity index (χ3v) is 13.7. The molecule has 6 nitrogen and oxygen atoms in total. The summed E-state index contributed by atoms with van der Waals surface area (Å²) in [6.07, 6.45) is 1.92. The van der Waals surface area contributed by atoms with Crippen molar-refractivity contribution in [1.29, 1.82) is 0 Å². The van der Waals surface area contributed by atoms with Crippen LogP contribution in [0.4, 0.5) is 28.4 Å². The zero-order valence-corrected chi connectivity index (χ0v) is 39.1. The molecular formula is C64H47N5O. The highest BCUT2D eigenvalue weighted by atomic mass is 16.5. The lowest BCUT2D eigenvalue weighted by Crippen LogP contribution is -2.32. The molecule has 11 aromatic rings. The Kier molecular flexibility index (Phi) is 9.63. The smallest absolute Gasteiger partial charge is 0.220 e. The van der Waals surface area contributed by atoms with Crippen molar-refractivity contribution < 1.29 is 4.74 Å². The topological polar surface area (TPSA) is 45.9 Å². The summed E-state index contributed by atoms with van der Waals surface area (Å²) in [5.74, 6) is 3.11. The SMILES string of the molecule is CC(C)(C)c1ccnc(-n2c3ccccc3c3ccc(Oc4cccc(N5C6=Nc7c(cccc7-c7c(-c8ccccc8)cccc7-c7ccccc7)-c7ccccc7N6c6ccccc65)c4)cc32)c1. The van der Waals surface area contributed by atoms with Gasteiger partial charge in [0, 0.05) is 45.8 Å². The Morgan fingerprint density at radius 3 is 1.76 bits per heavy atom. The van der Waals surface area contributed by atoms with Crippen molar-refractivity contribution >= 4 is 56.2 Å². The first-order chi connectivity index (χ1) is 34.4. The number of benzene rings is 9. The number of nitrogens with zero attached hydrogens (tertiary/aromatic N) is 5. The number of aliphatic imine (C=N–C) groups is 1. The summed E-state index contributed by atoms with van der Waals surface area (Å²) >= 11 is 0. The van der Waals surface area contributed by atoms with Crippen LogP contribution in [0.2, 0.25) is 0 Å². The monoisotopic (exact) mass is 901 g/mol. The van der Waals surface area contributed by atoms with Gasteiger partial charge in [-0.1, -0.05) is 172 Å². The van der Waals surface area contributed by atoms with Crippen molar-refractivity contribution in [3.8, 4) is 61.8 Å². The molecular weight excluding hydrogens is 855 g/mol. The predicted molar refractivity (Wildman–Crippen MR) is 290 cm³/mol. The molecule has 13 rings (SSSR count). The van der Waals surface area contributed by atoms with Crippen LogP contribution in [-0.4, -0.2) is 15.5 Å². The van der Waals surface area contributed by atoms with Crippen molar-refractivity contribution in [2.45, 2.75) is 26.2 Å². The summed E-state index contributed by atoms with van der Waals surface area (Å²) in [5, 5.41) is 2.31. The Morgan fingerprint density at radius 1 is 0.429 bits per heavy atom. The van der Waals surface area contributed by atoms with Crippen LogP contribution < -0.4 is 14.5 Å². The normalized spacial score (nSPS) is 12.8. The zero-order chi connectivity index (χ0) is 46.9. The highest BCUT2D eigenvalue weighted by Crippen LogP contribution is 2.55. The van der Waals surface area contributed by atoms with E-state index in [2.05, 4.69) is 254 Å². The first kappa shape index (κ1) is 41.2. The zero-order valence-electron chi connectivity index (χ0n) is 39.1. The Hall–Kier alpha value is -9.00. The van der Waals surface area contributed by atoms with Gasteiger partial charge in [-0.25, -0.2) is 9.98 Å². The van der Waals surface area contributed by atoms with Crippen molar-refractivity contribution in [3.05, 3.63) is 236 Å². The summed E-state index contributed by atoms with van der Waals surface area (Å²) < 4.78 is 9.14. The van der Waals surface area contributed by atoms with Crippen LogP contribution in [0, 0.1) is 0 Å². The second kappa shape index (κ2) is 16.4. The third-order valence-electron chi connectivity index (χ3n) is 13.7. The summed E-state index contributed by atoms with van der Waals surface area (Å²) in [4.78, 5) is 15.4. The molecule has 0 saturated carbocycles. The molecule has 0 amide bonds. The lowest BCUT2D eigenvalue weighted by atomic mass is 9.85. The number of aromatic nitrogens is 2. The van der Waals surface area contributed by atoms with Gasteiger partial charge >= 0.3 is 0 Å². The maximum absolute atomic E-state index is 6.89. The number of ether oxygens (including phenoxy) is 1. The van der Waals surface area contributed by atoms with Gasteiger partial charge in [0.05, 0.1) is 39.5 Å². The minimum atomic E-state index is -0.0281. The molecule has 0 atom stereocenters. The second-order valence-corrected chi connectivity index (χ2v) is 19.0. The third kappa shape index (κ3) is 6.79. The number of fused-ring (bicyclic) bond motifs is 10. The van der Waals surface area contributed by atoms with E-state index in [1.54, 1.807) is 0 Å². The molecule has 2 aromatic heterocycles. The molecule has 0 N–H and O–H groups in total. The standard InChI is InChI=1S/C64H47N5O/c1-64(2,3)44-37-38-65-60(39-44)68-55-31-12-10-25-50(55)52-36-35-47(41-59(52)68)70-46-24-16-23-45(40-46)67-57-33-14-15-34-58(57)69-56-32-13-11-26-51(56)53-29-18-30-54(62(53)66-63(67)69)61-48(42-19-6-4-7-20-42)27-17-28-49(61)43-21-8-5-9-22-43/h4-41H,1-3H3. The van der Waals surface area contributed by atoms with Crippen LogP contribution in [0.1, 0.15) is 26.3 Å². The maximum atomic E-state index is 6.89. The van der Waals surface area contributed by atoms with Crippen LogP contribution in [0.3, 0.4) is 0 Å². The van der Waals surface area contributed by atoms with Gasteiger partial charge in [0.15, 0.2) is 0 Å². The van der Waals surface area contributed by atoms with Crippen molar-refractivity contribution in [2.75, 3.05) is 9.80 Å². The lowest BCUT2D eigenvalue weighted by Gasteiger charge is -2.24. The molecule has 0 saturated heterocycles. The molecule has 0 bridgehead atoms.